The van der Waals surface area contributed by atoms with Gasteiger partial charge < -0.3 is 18.6 Å². The third-order valence-electron chi connectivity index (χ3n) is 4.67. The van der Waals surface area contributed by atoms with E-state index in [0.29, 0.717) is 41.7 Å². The summed E-state index contributed by atoms with van der Waals surface area (Å²) < 4.78 is 22.8. The predicted octanol–water partition coefficient (Wildman–Crippen LogP) is 4.40. The zero-order chi connectivity index (χ0) is 19.7. The number of para-hydroxylation sites is 2. The molecule has 1 aromatic heterocycles. The Hall–Kier alpha value is -2.99. The van der Waals surface area contributed by atoms with E-state index in [9.17, 15) is 4.79 Å². The van der Waals surface area contributed by atoms with Crippen molar-refractivity contribution in [3.63, 3.8) is 0 Å². The molecule has 6 heteroatoms. The van der Waals surface area contributed by atoms with Crippen molar-refractivity contribution in [2.24, 2.45) is 5.92 Å². The molecule has 0 amide bonds. The van der Waals surface area contributed by atoms with Gasteiger partial charge in [-0.05, 0) is 30.2 Å². The predicted molar refractivity (Wildman–Crippen MR) is 106 cm³/mol. The molecule has 1 aliphatic rings. The molecule has 3 aromatic rings. The van der Waals surface area contributed by atoms with Crippen molar-refractivity contribution >= 4 is 11.0 Å². The highest BCUT2D eigenvalue weighted by Crippen LogP contribution is 2.34. The first-order valence-corrected chi connectivity index (χ1v) is 9.30. The van der Waals surface area contributed by atoms with Crippen molar-refractivity contribution in [2.45, 2.75) is 20.4 Å². The molecule has 2 aromatic carbocycles. The van der Waals surface area contributed by atoms with E-state index in [0.717, 1.165) is 17.9 Å². The molecule has 1 aliphatic heterocycles. The molecule has 146 valence electrons. The van der Waals surface area contributed by atoms with Gasteiger partial charge in [-0.2, -0.15) is 0 Å². The molecular weight excluding hydrogens is 358 g/mol. The Labute approximate surface area is 163 Å². The van der Waals surface area contributed by atoms with Crippen LogP contribution in [-0.2, 0) is 6.54 Å². The van der Waals surface area contributed by atoms with Gasteiger partial charge in [0.05, 0.1) is 18.1 Å². The lowest BCUT2D eigenvalue weighted by atomic mass is 10.1. The van der Waals surface area contributed by atoms with Crippen molar-refractivity contribution in [1.82, 2.24) is 4.90 Å². The molecule has 0 radical (unpaired) electrons. The maximum atomic E-state index is 13.0. The Morgan fingerprint density at radius 2 is 1.89 bits per heavy atom. The van der Waals surface area contributed by atoms with Crippen molar-refractivity contribution < 1.29 is 18.6 Å². The van der Waals surface area contributed by atoms with Gasteiger partial charge in [0, 0.05) is 13.1 Å². The van der Waals surface area contributed by atoms with Gasteiger partial charge >= 0.3 is 0 Å². The number of hydrogen-bond acceptors (Lipinski definition) is 6. The van der Waals surface area contributed by atoms with Crippen molar-refractivity contribution in [1.29, 1.82) is 0 Å². The van der Waals surface area contributed by atoms with E-state index < -0.39 is 0 Å². The number of nitrogens with zero attached hydrogens (tertiary/aromatic N) is 1. The minimum absolute atomic E-state index is 0.118. The molecule has 0 spiro atoms. The van der Waals surface area contributed by atoms with Gasteiger partial charge in [0.25, 0.3) is 0 Å². The highest BCUT2D eigenvalue weighted by atomic mass is 16.5. The summed E-state index contributed by atoms with van der Waals surface area (Å²) in [6, 6.07) is 10.7. The second-order valence-electron chi connectivity index (χ2n) is 7.28. The normalized spacial score (nSPS) is 14.0. The van der Waals surface area contributed by atoms with Crippen LogP contribution in [0.1, 0.15) is 19.4 Å². The Kier molecular flexibility index (Phi) is 4.96. The van der Waals surface area contributed by atoms with Crippen LogP contribution in [0.15, 0.2) is 51.9 Å². The average molecular weight is 381 g/mol. The summed E-state index contributed by atoms with van der Waals surface area (Å²) in [6.07, 6.45) is 1.36. The molecule has 0 saturated carbocycles. The maximum absolute atomic E-state index is 13.0. The molecule has 0 saturated heterocycles. The summed E-state index contributed by atoms with van der Waals surface area (Å²) >= 11 is 0. The minimum Gasteiger partial charge on any atom is -0.493 e. The number of methoxy groups -OCH3 is 1. The summed E-state index contributed by atoms with van der Waals surface area (Å²) in [7, 11) is 1.56. The van der Waals surface area contributed by atoms with Crippen LogP contribution in [0.2, 0.25) is 0 Å². The number of benzene rings is 2. The molecule has 0 fully saturated rings. The van der Waals surface area contributed by atoms with Crippen LogP contribution in [0.3, 0.4) is 0 Å². The van der Waals surface area contributed by atoms with E-state index in [2.05, 4.69) is 18.7 Å². The van der Waals surface area contributed by atoms with E-state index in [4.69, 9.17) is 18.6 Å². The van der Waals surface area contributed by atoms with Crippen LogP contribution in [0.4, 0.5) is 0 Å². The quantitative estimate of drug-likeness (QED) is 0.653. The van der Waals surface area contributed by atoms with Gasteiger partial charge in [-0.3, -0.25) is 9.69 Å². The highest BCUT2D eigenvalue weighted by molar-refractivity contribution is 5.83. The first-order valence-electron chi connectivity index (χ1n) is 9.30. The second kappa shape index (κ2) is 7.56. The average Bonchev–Trinajstić information content (AvgIpc) is 2.69. The molecule has 0 atom stereocenters. The zero-order valence-corrected chi connectivity index (χ0v) is 16.2. The molecule has 6 nitrogen and oxygen atoms in total. The lowest BCUT2D eigenvalue weighted by Crippen LogP contribution is -2.34. The lowest BCUT2D eigenvalue weighted by Gasteiger charge is -2.30. The van der Waals surface area contributed by atoms with E-state index in [1.807, 2.05) is 18.2 Å². The molecule has 0 N–H and O–H groups in total. The van der Waals surface area contributed by atoms with Crippen LogP contribution in [-0.4, -0.2) is 25.3 Å². The lowest BCUT2D eigenvalue weighted by molar-refractivity contribution is 0.0848. The molecule has 0 unspecified atom stereocenters. The third kappa shape index (κ3) is 3.43. The zero-order valence-electron chi connectivity index (χ0n) is 16.2. The SMILES string of the molecule is COc1ccccc1Oc1coc2c3c(ccc2c1=O)OCN(CC(C)C)C3. The van der Waals surface area contributed by atoms with Crippen LogP contribution in [0, 0.1) is 5.92 Å². The van der Waals surface area contributed by atoms with Gasteiger partial charge in [-0.15, -0.1) is 0 Å². The first kappa shape index (κ1) is 18.4. The molecular formula is C22H23NO5. The van der Waals surface area contributed by atoms with Crippen molar-refractivity contribution in [3.8, 4) is 23.0 Å². The number of ether oxygens (including phenoxy) is 3. The molecule has 0 bridgehead atoms. The third-order valence-corrected chi connectivity index (χ3v) is 4.67. The fourth-order valence-electron chi connectivity index (χ4n) is 3.46. The summed E-state index contributed by atoms with van der Waals surface area (Å²) in [5.74, 6) is 2.40. The molecule has 2 heterocycles. The number of rotatable bonds is 5. The Morgan fingerprint density at radius 1 is 1.11 bits per heavy atom. The summed E-state index contributed by atoms with van der Waals surface area (Å²) in [6.45, 7) is 6.46. The Bertz CT molecular complexity index is 1060. The summed E-state index contributed by atoms with van der Waals surface area (Å²) in [4.78, 5) is 15.2. The van der Waals surface area contributed by atoms with E-state index in [-0.39, 0.29) is 11.2 Å². The van der Waals surface area contributed by atoms with Gasteiger partial charge in [0.2, 0.25) is 11.2 Å². The van der Waals surface area contributed by atoms with Crippen LogP contribution in [0.25, 0.3) is 11.0 Å². The van der Waals surface area contributed by atoms with E-state index in [1.54, 1.807) is 25.3 Å². The number of hydrogen-bond donors (Lipinski definition) is 0. The van der Waals surface area contributed by atoms with Crippen LogP contribution in [0.5, 0.6) is 23.0 Å². The van der Waals surface area contributed by atoms with Crippen molar-refractivity contribution in [2.75, 3.05) is 20.4 Å². The monoisotopic (exact) mass is 381 g/mol. The van der Waals surface area contributed by atoms with Crippen LogP contribution >= 0.6 is 0 Å². The molecule has 4 rings (SSSR count). The van der Waals surface area contributed by atoms with E-state index in [1.165, 1.54) is 6.26 Å². The first-order chi connectivity index (χ1) is 13.6. The van der Waals surface area contributed by atoms with Crippen molar-refractivity contribution in [3.05, 3.63) is 58.4 Å². The maximum Gasteiger partial charge on any atom is 0.235 e. The number of fused-ring (bicyclic) bond motifs is 3. The molecule has 28 heavy (non-hydrogen) atoms. The highest BCUT2D eigenvalue weighted by Gasteiger charge is 2.23. The second-order valence-corrected chi connectivity index (χ2v) is 7.28. The van der Waals surface area contributed by atoms with Gasteiger partial charge in [0.15, 0.2) is 11.5 Å². The van der Waals surface area contributed by atoms with E-state index >= 15 is 0 Å². The Morgan fingerprint density at radius 3 is 2.64 bits per heavy atom. The van der Waals surface area contributed by atoms with Gasteiger partial charge in [-0.25, -0.2) is 0 Å². The van der Waals surface area contributed by atoms with Crippen LogP contribution < -0.4 is 19.6 Å². The summed E-state index contributed by atoms with van der Waals surface area (Å²) in [5.41, 5.74) is 1.21. The largest absolute Gasteiger partial charge is 0.493 e. The Balaban J connectivity index is 1.72. The molecule has 0 aliphatic carbocycles. The van der Waals surface area contributed by atoms with Gasteiger partial charge in [-0.1, -0.05) is 26.0 Å². The fourth-order valence-corrected chi connectivity index (χ4v) is 3.46. The fraction of sp³-hybridized carbons (Fsp3) is 0.318. The summed E-state index contributed by atoms with van der Waals surface area (Å²) in [5, 5.41) is 0.473. The smallest absolute Gasteiger partial charge is 0.235 e. The standard InChI is InChI=1S/C22H23NO5/c1-14(2)10-23-11-16-17(27-13-23)9-8-15-21(24)20(12-26-22(15)16)28-19-7-5-4-6-18(19)25-3/h4-9,12,14H,10-11,13H2,1-3H3. The minimum atomic E-state index is -0.226. The van der Waals surface area contributed by atoms with Gasteiger partial charge in [0.1, 0.15) is 24.3 Å². The topological polar surface area (TPSA) is 61.1 Å².